The molecule has 0 bridgehead atoms. The third kappa shape index (κ3) is 2.19. The summed E-state index contributed by atoms with van der Waals surface area (Å²) in [5.74, 6) is 0.960. The maximum atomic E-state index is 9.51. The molecule has 3 nitrogen and oxygen atoms in total. The zero-order valence-corrected chi connectivity index (χ0v) is 11.8. The number of fused-ring (bicyclic) bond motifs is 1. The van der Waals surface area contributed by atoms with Crippen LogP contribution in [0.15, 0.2) is 64.4 Å². The fourth-order valence-corrected chi connectivity index (χ4v) is 3.04. The van der Waals surface area contributed by atoms with Crippen molar-refractivity contribution in [3.63, 3.8) is 0 Å². The van der Waals surface area contributed by atoms with Gasteiger partial charge in [0.1, 0.15) is 11.3 Å². The van der Waals surface area contributed by atoms with E-state index in [2.05, 4.69) is 4.98 Å². The van der Waals surface area contributed by atoms with Crippen LogP contribution in [0.1, 0.15) is 0 Å². The summed E-state index contributed by atoms with van der Waals surface area (Å²) in [5, 5.41) is 13.2. The molecule has 0 aliphatic heterocycles. The highest BCUT2D eigenvalue weighted by Gasteiger charge is 2.11. The second-order valence-electron chi connectivity index (χ2n) is 4.74. The average Bonchev–Trinajstić information content (AvgIpc) is 3.14. The first-order chi connectivity index (χ1) is 10.3. The van der Waals surface area contributed by atoms with E-state index in [-0.39, 0.29) is 5.75 Å². The summed E-state index contributed by atoms with van der Waals surface area (Å²) >= 11 is 1.55. The summed E-state index contributed by atoms with van der Waals surface area (Å²) in [5.41, 5.74) is 2.78. The fraction of sp³-hybridized carbons (Fsp3) is 0. The Labute approximate surface area is 125 Å². The molecule has 2 aromatic heterocycles. The Morgan fingerprint density at radius 2 is 1.86 bits per heavy atom. The number of rotatable bonds is 2. The molecule has 0 spiro atoms. The molecule has 102 valence electrons. The van der Waals surface area contributed by atoms with Crippen LogP contribution in [0.2, 0.25) is 0 Å². The smallest absolute Gasteiger partial charge is 0.164 e. The van der Waals surface area contributed by atoms with Crippen molar-refractivity contribution in [3.05, 3.63) is 60.0 Å². The molecule has 0 amide bonds. The number of nitrogens with zero attached hydrogens (tertiary/aromatic N) is 1. The van der Waals surface area contributed by atoms with Gasteiger partial charge in [0.15, 0.2) is 10.8 Å². The SMILES string of the molecule is Oc1ccc2oc(-c3nc(-c4ccccc4)cs3)cc2c1. The number of aromatic hydroxyl groups is 1. The molecular formula is C17H11NO2S. The van der Waals surface area contributed by atoms with Crippen LogP contribution in [0.4, 0.5) is 0 Å². The summed E-state index contributed by atoms with van der Waals surface area (Å²) in [6.45, 7) is 0. The summed E-state index contributed by atoms with van der Waals surface area (Å²) < 4.78 is 5.80. The number of furan rings is 1. The van der Waals surface area contributed by atoms with E-state index in [1.165, 1.54) is 0 Å². The van der Waals surface area contributed by atoms with Crippen molar-refractivity contribution in [1.82, 2.24) is 4.98 Å². The molecule has 0 radical (unpaired) electrons. The molecule has 0 aliphatic carbocycles. The lowest BCUT2D eigenvalue weighted by molar-refractivity contribution is 0.476. The molecule has 0 saturated carbocycles. The molecule has 0 unspecified atom stereocenters. The summed E-state index contributed by atoms with van der Waals surface area (Å²) in [7, 11) is 0. The first kappa shape index (κ1) is 12.2. The van der Waals surface area contributed by atoms with Crippen molar-refractivity contribution in [1.29, 1.82) is 0 Å². The third-order valence-corrected chi connectivity index (χ3v) is 4.14. The Kier molecular flexibility index (Phi) is 2.75. The second kappa shape index (κ2) is 4.75. The number of hydrogen-bond acceptors (Lipinski definition) is 4. The summed E-state index contributed by atoms with van der Waals surface area (Å²) in [6, 6.07) is 17.0. The lowest BCUT2D eigenvalue weighted by atomic mass is 10.2. The normalized spacial score (nSPS) is 11.0. The Morgan fingerprint density at radius 3 is 2.71 bits per heavy atom. The molecule has 0 fully saturated rings. The van der Waals surface area contributed by atoms with Gasteiger partial charge in [0, 0.05) is 16.3 Å². The second-order valence-corrected chi connectivity index (χ2v) is 5.59. The molecule has 0 atom stereocenters. The number of phenolic OH excluding ortho intramolecular Hbond substituents is 1. The number of hydrogen-bond donors (Lipinski definition) is 1. The number of phenols is 1. The van der Waals surface area contributed by atoms with Gasteiger partial charge in [0.05, 0.1) is 5.69 Å². The lowest BCUT2D eigenvalue weighted by Crippen LogP contribution is -1.77. The Hall–Kier alpha value is -2.59. The number of aromatic nitrogens is 1. The van der Waals surface area contributed by atoms with Crippen molar-refractivity contribution >= 4 is 22.3 Å². The van der Waals surface area contributed by atoms with E-state index in [4.69, 9.17) is 4.42 Å². The van der Waals surface area contributed by atoms with Crippen LogP contribution < -0.4 is 0 Å². The van der Waals surface area contributed by atoms with E-state index in [0.29, 0.717) is 0 Å². The maximum absolute atomic E-state index is 9.51. The van der Waals surface area contributed by atoms with Crippen LogP contribution in [0.5, 0.6) is 5.75 Å². The minimum Gasteiger partial charge on any atom is -0.508 e. The van der Waals surface area contributed by atoms with Crippen LogP contribution in [-0.2, 0) is 0 Å². The summed E-state index contributed by atoms with van der Waals surface area (Å²) in [4.78, 5) is 4.63. The highest BCUT2D eigenvalue weighted by Crippen LogP contribution is 2.33. The standard InChI is InChI=1S/C17H11NO2S/c19-13-6-7-15-12(8-13)9-16(20-15)17-18-14(10-21-17)11-4-2-1-3-5-11/h1-10,19H. The molecule has 2 heterocycles. The quantitative estimate of drug-likeness (QED) is 0.570. The van der Waals surface area contributed by atoms with Gasteiger partial charge in [-0.25, -0.2) is 4.98 Å². The molecule has 0 aliphatic rings. The van der Waals surface area contributed by atoms with Crippen molar-refractivity contribution in [3.8, 4) is 27.8 Å². The first-order valence-corrected chi connectivity index (χ1v) is 7.41. The Morgan fingerprint density at radius 1 is 1.00 bits per heavy atom. The van der Waals surface area contributed by atoms with Gasteiger partial charge < -0.3 is 9.52 Å². The maximum Gasteiger partial charge on any atom is 0.164 e. The van der Waals surface area contributed by atoms with E-state index < -0.39 is 0 Å². The van der Waals surface area contributed by atoms with Gasteiger partial charge in [-0.3, -0.25) is 0 Å². The van der Waals surface area contributed by atoms with E-state index in [0.717, 1.165) is 33.0 Å². The molecule has 0 saturated heterocycles. The largest absolute Gasteiger partial charge is 0.508 e. The molecule has 1 N–H and O–H groups in total. The van der Waals surface area contributed by atoms with Crippen LogP contribution in [0, 0.1) is 0 Å². The first-order valence-electron chi connectivity index (χ1n) is 6.53. The molecule has 21 heavy (non-hydrogen) atoms. The van der Waals surface area contributed by atoms with Crippen LogP contribution in [0.25, 0.3) is 33.0 Å². The average molecular weight is 293 g/mol. The lowest BCUT2D eigenvalue weighted by Gasteiger charge is -1.93. The third-order valence-electron chi connectivity index (χ3n) is 3.28. The molecule has 4 heteroatoms. The van der Waals surface area contributed by atoms with Gasteiger partial charge in [-0.05, 0) is 24.3 Å². The number of thiazole rings is 1. The predicted molar refractivity (Wildman–Crippen MR) is 84.4 cm³/mol. The van der Waals surface area contributed by atoms with Crippen molar-refractivity contribution in [2.24, 2.45) is 0 Å². The van der Waals surface area contributed by atoms with Crippen molar-refractivity contribution in [2.75, 3.05) is 0 Å². The van der Waals surface area contributed by atoms with Crippen LogP contribution in [0.3, 0.4) is 0 Å². The van der Waals surface area contributed by atoms with Crippen LogP contribution in [-0.4, -0.2) is 10.1 Å². The Balaban J connectivity index is 1.77. The predicted octanol–water partition coefficient (Wildman–Crippen LogP) is 4.93. The van der Waals surface area contributed by atoms with Gasteiger partial charge in [0.25, 0.3) is 0 Å². The van der Waals surface area contributed by atoms with Crippen molar-refractivity contribution in [2.45, 2.75) is 0 Å². The molecule has 4 rings (SSSR count). The van der Waals surface area contributed by atoms with Gasteiger partial charge in [-0.2, -0.15) is 0 Å². The minimum atomic E-state index is 0.235. The fourth-order valence-electron chi connectivity index (χ4n) is 2.26. The minimum absolute atomic E-state index is 0.235. The van der Waals surface area contributed by atoms with E-state index in [1.807, 2.05) is 41.8 Å². The van der Waals surface area contributed by atoms with E-state index in [9.17, 15) is 5.11 Å². The van der Waals surface area contributed by atoms with Crippen molar-refractivity contribution < 1.29 is 9.52 Å². The highest BCUT2D eigenvalue weighted by molar-refractivity contribution is 7.13. The van der Waals surface area contributed by atoms with Gasteiger partial charge in [-0.15, -0.1) is 11.3 Å². The highest BCUT2D eigenvalue weighted by atomic mass is 32.1. The summed E-state index contributed by atoms with van der Waals surface area (Å²) in [6.07, 6.45) is 0. The van der Waals surface area contributed by atoms with E-state index in [1.54, 1.807) is 29.5 Å². The zero-order chi connectivity index (χ0) is 14.2. The van der Waals surface area contributed by atoms with Crippen LogP contribution >= 0.6 is 11.3 Å². The molecule has 2 aromatic carbocycles. The van der Waals surface area contributed by atoms with E-state index >= 15 is 0 Å². The monoisotopic (exact) mass is 293 g/mol. The van der Waals surface area contributed by atoms with Gasteiger partial charge in [0.2, 0.25) is 0 Å². The molecular weight excluding hydrogens is 282 g/mol. The zero-order valence-electron chi connectivity index (χ0n) is 11.0. The van der Waals surface area contributed by atoms with Gasteiger partial charge >= 0.3 is 0 Å². The van der Waals surface area contributed by atoms with Gasteiger partial charge in [-0.1, -0.05) is 30.3 Å². The Bertz CT molecular complexity index is 909. The topological polar surface area (TPSA) is 46.3 Å². The molecule has 4 aromatic rings. The number of benzene rings is 2.